The van der Waals surface area contributed by atoms with Gasteiger partial charge in [0, 0.05) is 24.3 Å². The van der Waals surface area contributed by atoms with E-state index in [-0.39, 0.29) is 6.61 Å². The lowest BCUT2D eigenvalue weighted by Crippen LogP contribution is -2.12. The summed E-state index contributed by atoms with van der Waals surface area (Å²) < 4.78 is 18.5. The smallest absolute Gasteiger partial charge is 0.342 e. The first-order valence-electron chi connectivity index (χ1n) is 9.70. The summed E-state index contributed by atoms with van der Waals surface area (Å²) in [6, 6.07) is 17.5. The van der Waals surface area contributed by atoms with Gasteiger partial charge in [-0.1, -0.05) is 42.5 Å². The molecule has 0 spiro atoms. The molecule has 0 atom stereocenters. The summed E-state index contributed by atoms with van der Waals surface area (Å²) in [6.45, 7) is 2.63. The molecule has 6 nitrogen and oxygen atoms in total. The normalized spacial score (nSPS) is 11.6. The minimum absolute atomic E-state index is 0.267. The molecule has 2 aromatic heterocycles. The summed E-state index contributed by atoms with van der Waals surface area (Å²) in [4.78, 5) is 17.2. The third kappa shape index (κ3) is 3.98. The molecule has 0 N–H and O–H groups in total. The van der Waals surface area contributed by atoms with Gasteiger partial charge in [0.15, 0.2) is 11.3 Å². The maximum atomic E-state index is 12.8. The van der Waals surface area contributed by atoms with Crippen molar-refractivity contribution in [3.63, 3.8) is 0 Å². The van der Waals surface area contributed by atoms with Gasteiger partial charge >= 0.3 is 5.97 Å². The summed E-state index contributed by atoms with van der Waals surface area (Å²) >= 11 is 0. The molecule has 0 amide bonds. The number of methoxy groups -OCH3 is 1. The molecule has 0 aliphatic rings. The summed E-state index contributed by atoms with van der Waals surface area (Å²) in [6.07, 6.45) is 5.19. The molecule has 4 aromatic rings. The number of imidazole rings is 1. The van der Waals surface area contributed by atoms with Crippen LogP contribution >= 0.6 is 0 Å². The van der Waals surface area contributed by atoms with Crippen LogP contribution in [0.25, 0.3) is 22.6 Å². The van der Waals surface area contributed by atoms with Crippen LogP contribution < -0.4 is 4.74 Å². The zero-order valence-corrected chi connectivity index (χ0v) is 16.9. The van der Waals surface area contributed by atoms with Crippen LogP contribution in [0.5, 0.6) is 5.75 Å². The van der Waals surface area contributed by atoms with E-state index in [1.54, 1.807) is 26.3 Å². The van der Waals surface area contributed by atoms with E-state index in [4.69, 9.17) is 13.9 Å². The van der Waals surface area contributed by atoms with E-state index in [1.807, 2.05) is 65.4 Å². The van der Waals surface area contributed by atoms with Crippen molar-refractivity contribution in [2.24, 2.45) is 0 Å². The number of benzene rings is 2. The minimum Gasteiger partial charge on any atom is -0.493 e. The maximum Gasteiger partial charge on any atom is 0.342 e. The van der Waals surface area contributed by atoms with Gasteiger partial charge in [0.25, 0.3) is 0 Å². The molecule has 2 aromatic carbocycles. The van der Waals surface area contributed by atoms with E-state index in [0.717, 1.165) is 10.9 Å². The average molecular weight is 402 g/mol. The lowest BCUT2D eigenvalue weighted by Gasteiger charge is -2.10. The molecule has 6 heteroatoms. The van der Waals surface area contributed by atoms with Crippen molar-refractivity contribution in [3.05, 3.63) is 84.1 Å². The lowest BCUT2D eigenvalue weighted by molar-refractivity contribution is -0.136. The van der Waals surface area contributed by atoms with Gasteiger partial charge in [0.2, 0.25) is 0 Å². The molecule has 0 bridgehead atoms. The van der Waals surface area contributed by atoms with Gasteiger partial charge in [-0.3, -0.25) is 0 Å². The summed E-state index contributed by atoms with van der Waals surface area (Å²) in [7, 11) is 1.59. The number of hydrogen-bond donors (Lipinski definition) is 0. The van der Waals surface area contributed by atoms with Crippen molar-refractivity contribution in [1.29, 1.82) is 0 Å². The third-order valence-electron chi connectivity index (χ3n) is 4.68. The number of para-hydroxylation sites is 1. The molecule has 0 saturated heterocycles. The summed E-state index contributed by atoms with van der Waals surface area (Å²) in [5.41, 5.74) is 2.06. The SMILES string of the molecule is CCOC(=O)/C(=C/c1cc2cccc(OC)c2o1)c1nccn1Cc1ccccc1. The summed E-state index contributed by atoms with van der Waals surface area (Å²) in [5, 5.41) is 0.886. The van der Waals surface area contributed by atoms with Gasteiger partial charge in [-0.15, -0.1) is 0 Å². The molecule has 0 saturated carbocycles. The zero-order chi connectivity index (χ0) is 20.9. The van der Waals surface area contributed by atoms with Crippen LogP contribution in [-0.4, -0.2) is 29.2 Å². The number of fused-ring (bicyclic) bond motifs is 1. The molecule has 0 aliphatic carbocycles. The highest BCUT2D eigenvalue weighted by Crippen LogP contribution is 2.30. The number of nitrogens with zero attached hydrogens (tertiary/aromatic N) is 2. The standard InChI is InChI=1S/C24H22N2O4/c1-3-29-24(27)20(15-19-14-18-10-7-11-21(28-2)22(18)30-19)23-25-12-13-26(23)16-17-8-5-4-6-9-17/h4-15H,3,16H2,1-2H3/b20-15+. The van der Waals surface area contributed by atoms with Crippen molar-refractivity contribution in [2.75, 3.05) is 13.7 Å². The Balaban J connectivity index is 1.77. The molecular weight excluding hydrogens is 380 g/mol. The van der Waals surface area contributed by atoms with Crippen molar-refractivity contribution < 1.29 is 18.7 Å². The van der Waals surface area contributed by atoms with E-state index in [9.17, 15) is 4.79 Å². The lowest BCUT2D eigenvalue weighted by atomic mass is 10.1. The number of hydrogen-bond acceptors (Lipinski definition) is 5. The fourth-order valence-electron chi connectivity index (χ4n) is 3.32. The number of esters is 1. The van der Waals surface area contributed by atoms with Gasteiger partial charge in [-0.25, -0.2) is 9.78 Å². The Kier molecular flexibility index (Phi) is 5.66. The predicted octanol–water partition coefficient (Wildman–Crippen LogP) is 4.79. The zero-order valence-electron chi connectivity index (χ0n) is 16.9. The molecule has 2 heterocycles. The molecule has 0 radical (unpaired) electrons. The molecular formula is C24H22N2O4. The molecule has 30 heavy (non-hydrogen) atoms. The Labute approximate surface area is 174 Å². The number of furan rings is 1. The maximum absolute atomic E-state index is 12.8. The third-order valence-corrected chi connectivity index (χ3v) is 4.68. The highest BCUT2D eigenvalue weighted by atomic mass is 16.5. The van der Waals surface area contributed by atoms with Gasteiger partial charge < -0.3 is 18.5 Å². The van der Waals surface area contributed by atoms with Crippen LogP contribution in [0.1, 0.15) is 24.1 Å². The molecule has 4 rings (SSSR count). The van der Waals surface area contributed by atoms with E-state index in [2.05, 4.69) is 4.98 Å². The topological polar surface area (TPSA) is 66.5 Å². The van der Waals surface area contributed by atoms with Crippen molar-refractivity contribution in [3.8, 4) is 5.75 Å². The number of carbonyl (C=O) groups is 1. The first kappa shape index (κ1) is 19.5. The van der Waals surface area contributed by atoms with Crippen LogP contribution in [0.2, 0.25) is 0 Å². The predicted molar refractivity (Wildman–Crippen MR) is 115 cm³/mol. The van der Waals surface area contributed by atoms with E-state index < -0.39 is 5.97 Å². The van der Waals surface area contributed by atoms with Crippen LogP contribution in [0, 0.1) is 0 Å². The fraction of sp³-hybridized carbons (Fsp3) is 0.167. The number of ether oxygens (including phenoxy) is 2. The Bertz CT molecular complexity index is 1190. The quantitative estimate of drug-likeness (QED) is 0.328. The van der Waals surface area contributed by atoms with Crippen molar-refractivity contribution in [1.82, 2.24) is 9.55 Å². The molecule has 0 unspecified atom stereocenters. The molecule has 0 aliphatic heterocycles. The van der Waals surface area contributed by atoms with Crippen LogP contribution in [-0.2, 0) is 16.1 Å². The first-order valence-corrected chi connectivity index (χ1v) is 9.70. The average Bonchev–Trinajstić information content (AvgIpc) is 3.39. The Morgan fingerprint density at radius 3 is 2.77 bits per heavy atom. The fourth-order valence-corrected chi connectivity index (χ4v) is 3.32. The van der Waals surface area contributed by atoms with Crippen LogP contribution in [0.4, 0.5) is 0 Å². The van der Waals surface area contributed by atoms with Crippen LogP contribution in [0.3, 0.4) is 0 Å². The number of aromatic nitrogens is 2. The number of rotatable bonds is 7. The van der Waals surface area contributed by atoms with Crippen LogP contribution in [0.15, 0.2) is 71.4 Å². The molecule has 152 valence electrons. The van der Waals surface area contributed by atoms with Gasteiger partial charge in [-0.2, -0.15) is 0 Å². The highest BCUT2D eigenvalue weighted by molar-refractivity contribution is 6.20. The Hall–Kier alpha value is -3.80. The summed E-state index contributed by atoms with van der Waals surface area (Å²) in [5.74, 6) is 1.22. The van der Waals surface area contributed by atoms with Crippen molar-refractivity contribution >= 4 is 28.6 Å². The largest absolute Gasteiger partial charge is 0.493 e. The second-order valence-electron chi connectivity index (χ2n) is 6.67. The van der Waals surface area contributed by atoms with Crippen molar-refractivity contribution in [2.45, 2.75) is 13.5 Å². The Morgan fingerprint density at radius 1 is 1.17 bits per heavy atom. The molecule has 0 fully saturated rings. The van der Waals surface area contributed by atoms with Gasteiger partial charge in [0.05, 0.1) is 13.7 Å². The first-order chi connectivity index (χ1) is 14.7. The van der Waals surface area contributed by atoms with E-state index >= 15 is 0 Å². The Morgan fingerprint density at radius 2 is 2.00 bits per heavy atom. The number of carbonyl (C=O) groups excluding carboxylic acids is 1. The van der Waals surface area contributed by atoms with Gasteiger partial charge in [0.1, 0.15) is 17.2 Å². The monoisotopic (exact) mass is 402 g/mol. The van der Waals surface area contributed by atoms with Gasteiger partial charge in [-0.05, 0) is 30.7 Å². The van der Waals surface area contributed by atoms with E-state index in [0.29, 0.717) is 35.0 Å². The van der Waals surface area contributed by atoms with E-state index in [1.165, 1.54) is 0 Å². The second kappa shape index (κ2) is 8.69. The minimum atomic E-state index is -0.453. The highest BCUT2D eigenvalue weighted by Gasteiger charge is 2.20. The second-order valence-corrected chi connectivity index (χ2v) is 6.67.